The third kappa shape index (κ3) is 4.75. The van der Waals surface area contributed by atoms with Crippen molar-refractivity contribution in [2.45, 2.75) is 60.5 Å². The summed E-state index contributed by atoms with van der Waals surface area (Å²) in [6, 6.07) is 0. The number of nitrogens with one attached hydrogen (secondary N) is 1. The van der Waals surface area contributed by atoms with Crippen molar-refractivity contribution in [3.63, 3.8) is 0 Å². The van der Waals surface area contributed by atoms with E-state index in [0.29, 0.717) is 18.4 Å². The van der Waals surface area contributed by atoms with Gasteiger partial charge in [0.05, 0.1) is 0 Å². The Morgan fingerprint density at radius 1 is 1.05 bits per heavy atom. The molecule has 0 aliphatic rings. The normalized spacial score (nSPS) is 14.5. The van der Waals surface area contributed by atoms with Crippen LogP contribution in [0.2, 0.25) is 0 Å². The summed E-state index contributed by atoms with van der Waals surface area (Å²) in [5.74, 6) is 1.61. The van der Waals surface area contributed by atoms with Gasteiger partial charge in [-0.05, 0) is 44.7 Å². The number of nitrogens with zero attached hydrogens (tertiary/aromatic N) is 2. The van der Waals surface area contributed by atoms with E-state index in [9.17, 15) is 0 Å². The van der Waals surface area contributed by atoms with Gasteiger partial charge in [-0.1, -0.05) is 27.7 Å². The number of aryl methyl sites for hydroxylation is 2. The molecule has 1 aromatic heterocycles. The maximum absolute atomic E-state index is 5.83. The molecular formula is C17H31N3O. The molecule has 0 aromatic carbocycles. The minimum Gasteiger partial charge on any atom is -0.370 e. The van der Waals surface area contributed by atoms with Crippen molar-refractivity contribution in [2.75, 3.05) is 19.7 Å². The molecule has 0 spiro atoms. The Hall–Kier alpha value is -1.00. The topological polar surface area (TPSA) is 47.0 Å². The minimum atomic E-state index is -0.0227. The van der Waals surface area contributed by atoms with E-state index >= 15 is 0 Å². The van der Waals surface area contributed by atoms with E-state index in [1.807, 2.05) is 6.92 Å². The first kappa shape index (κ1) is 18.1. The fourth-order valence-electron chi connectivity index (χ4n) is 2.80. The van der Waals surface area contributed by atoms with Gasteiger partial charge in [0.2, 0.25) is 0 Å². The Balaban J connectivity index is 3.08. The molecule has 1 heterocycles. The maximum Gasteiger partial charge on any atom is 0.157 e. The molecule has 0 radical (unpaired) electrons. The van der Waals surface area contributed by atoms with Crippen molar-refractivity contribution in [1.82, 2.24) is 15.3 Å². The van der Waals surface area contributed by atoms with E-state index in [1.54, 1.807) is 0 Å². The summed E-state index contributed by atoms with van der Waals surface area (Å²) in [6.07, 6.45) is -0.0227. The van der Waals surface area contributed by atoms with Crippen molar-refractivity contribution >= 4 is 0 Å². The lowest BCUT2D eigenvalue weighted by atomic mass is 9.97. The second-order valence-electron chi connectivity index (χ2n) is 5.99. The summed E-state index contributed by atoms with van der Waals surface area (Å²) >= 11 is 0. The zero-order chi connectivity index (χ0) is 16.0. The van der Waals surface area contributed by atoms with Crippen LogP contribution in [0, 0.1) is 19.8 Å². The number of rotatable bonds is 8. The summed E-state index contributed by atoms with van der Waals surface area (Å²) in [4.78, 5) is 9.48. The van der Waals surface area contributed by atoms with Crippen LogP contribution in [0.5, 0.6) is 0 Å². The molecule has 4 nitrogen and oxygen atoms in total. The first-order chi connectivity index (χ1) is 9.92. The number of hydrogen-bond acceptors (Lipinski definition) is 4. The smallest absolute Gasteiger partial charge is 0.157 e. The molecule has 2 atom stereocenters. The van der Waals surface area contributed by atoms with Gasteiger partial charge in [-0.25, -0.2) is 9.97 Å². The molecular weight excluding hydrogens is 262 g/mol. The van der Waals surface area contributed by atoms with Crippen LogP contribution < -0.4 is 5.32 Å². The van der Waals surface area contributed by atoms with E-state index in [0.717, 1.165) is 30.3 Å². The third-order valence-corrected chi connectivity index (χ3v) is 3.74. The Morgan fingerprint density at radius 2 is 1.62 bits per heavy atom. The second-order valence-corrected chi connectivity index (χ2v) is 5.99. The predicted octanol–water partition coefficient (Wildman–Crippen LogP) is 3.54. The van der Waals surface area contributed by atoms with Gasteiger partial charge in [-0.2, -0.15) is 0 Å². The Labute approximate surface area is 129 Å². The molecule has 1 N–H and O–H groups in total. The highest BCUT2D eigenvalue weighted by Crippen LogP contribution is 2.27. The van der Waals surface area contributed by atoms with Gasteiger partial charge in [0, 0.05) is 24.5 Å². The molecule has 2 unspecified atom stereocenters. The fraction of sp³-hybridized carbons (Fsp3) is 0.765. The molecule has 0 aliphatic heterocycles. The van der Waals surface area contributed by atoms with Crippen molar-refractivity contribution in [2.24, 2.45) is 5.92 Å². The van der Waals surface area contributed by atoms with Gasteiger partial charge in [-0.15, -0.1) is 0 Å². The molecule has 0 saturated heterocycles. The first-order valence-electron chi connectivity index (χ1n) is 8.09. The molecule has 0 bridgehead atoms. The van der Waals surface area contributed by atoms with Crippen LogP contribution in [0.4, 0.5) is 0 Å². The van der Waals surface area contributed by atoms with Crippen LogP contribution in [0.25, 0.3) is 0 Å². The van der Waals surface area contributed by atoms with Gasteiger partial charge >= 0.3 is 0 Å². The summed E-state index contributed by atoms with van der Waals surface area (Å²) in [5, 5.41) is 3.40. The van der Waals surface area contributed by atoms with Gasteiger partial charge in [0.25, 0.3) is 0 Å². The Morgan fingerprint density at radius 3 is 2.05 bits per heavy atom. The highest BCUT2D eigenvalue weighted by Gasteiger charge is 2.22. The molecule has 1 rings (SSSR count). The Kier molecular flexibility index (Phi) is 7.26. The van der Waals surface area contributed by atoms with Crippen molar-refractivity contribution in [3.8, 4) is 0 Å². The number of ether oxygens (including phenoxy) is 1. The van der Waals surface area contributed by atoms with Gasteiger partial charge in [0.15, 0.2) is 5.82 Å². The van der Waals surface area contributed by atoms with Crippen LogP contribution in [0.3, 0.4) is 0 Å². The molecule has 0 aliphatic carbocycles. The molecule has 120 valence electrons. The predicted molar refractivity (Wildman–Crippen MR) is 87.7 cm³/mol. The third-order valence-electron chi connectivity index (χ3n) is 3.74. The standard InChI is InChI=1S/C17H31N3O/c1-8-18-10-12(5)15-13(6)19-17(20-14(15)7)16(11(3)4)21-9-2/h11-12,16,18H,8-10H2,1-7H3. The summed E-state index contributed by atoms with van der Waals surface area (Å²) in [7, 11) is 0. The highest BCUT2D eigenvalue weighted by atomic mass is 16.5. The van der Waals surface area contributed by atoms with Gasteiger partial charge in [-0.3, -0.25) is 0 Å². The number of aromatic nitrogens is 2. The van der Waals surface area contributed by atoms with Gasteiger partial charge < -0.3 is 10.1 Å². The van der Waals surface area contributed by atoms with E-state index in [1.165, 1.54) is 5.56 Å². The number of likely N-dealkylation sites (N-methyl/N-ethyl adjacent to an activating group) is 1. The van der Waals surface area contributed by atoms with Crippen LogP contribution >= 0.6 is 0 Å². The minimum absolute atomic E-state index is 0.0227. The van der Waals surface area contributed by atoms with E-state index < -0.39 is 0 Å². The van der Waals surface area contributed by atoms with Crippen LogP contribution in [0.15, 0.2) is 0 Å². The fourth-order valence-corrected chi connectivity index (χ4v) is 2.80. The van der Waals surface area contributed by atoms with Crippen molar-refractivity contribution < 1.29 is 4.74 Å². The van der Waals surface area contributed by atoms with Crippen LogP contribution in [0.1, 0.15) is 69.4 Å². The Bertz CT molecular complexity index is 423. The lowest BCUT2D eigenvalue weighted by molar-refractivity contribution is 0.0229. The summed E-state index contributed by atoms with van der Waals surface area (Å²) in [5.41, 5.74) is 3.42. The summed E-state index contributed by atoms with van der Waals surface area (Å²) < 4.78 is 5.83. The molecule has 1 aromatic rings. The zero-order valence-corrected chi connectivity index (χ0v) is 14.7. The zero-order valence-electron chi connectivity index (χ0n) is 14.7. The molecule has 0 saturated carbocycles. The lowest BCUT2D eigenvalue weighted by Crippen LogP contribution is -2.22. The monoisotopic (exact) mass is 293 g/mol. The average molecular weight is 293 g/mol. The number of hydrogen-bond donors (Lipinski definition) is 1. The molecule has 0 amide bonds. The van der Waals surface area contributed by atoms with Crippen LogP contribution in [-0.4, -0.2) is 29.7 Å². The van der Waals surface area contributed by atoms with E-state index in [2.05, 4.69) is 46.9 Å². The maximum atomic E-state index is 5.83. The molecule has 0 fully saturated rings. The molecule has 21 heavy (non-hydrogen) atoms. The van der Waals surface area contributed by atoms with E-state index in [4.69, 9.17) is 14.7 Å². The van der Waals surface area contributed by atoms with Crippen LogP contribution in [-0.2, 0) is 4.74 Å². The van der Waals surface area contributed by atoms with Gasteiger partial charge in [0.1, 0.15) is 6.10 Å². The summed E-state index contributed by atoms with van der Waals surface area (Å²) in [6.45, 7) is 17.5. The quantitative estimate of drug-likeness (QED) is 0.796. The van der Waals surface area contributed by atoms with Crippen molar-refractivity contribution in [3.05, 3.63) is 22.8 Å². The largest absolute Gasteiger partial charge is 0.370 e. The second kappa shape index (κ2) is 8.44. The lowest BCUT2D eigenvalue weighted by Gasteiger charge is -2.23. The van der Waals surface area contributed by atoms with Crippen molar-refractivity contribution in [1.29, 1.82) is 0 Å². The highest BCUT2D eigenvalue weighted by molar-refractivity contribution is 5.28. The average Bonchev–Trinajstić information content (AvgIpc) is 2.41. The SMILES string of the molecule is CCNCC(C)c1c(C)nc(C(OCC)C(C)C)nc1C. The first-order valence-corrected chi connectivity index (χ1v) is 8.09. The van der Waals surface area contributed by atoms with E-state index in [-0.39, 0.29) is 6.10 Å². The molecule has 4 heteroatoms.